The first kappa shape index (κ1) is 14.2. The number of alkyl halides is 1. The third-order valence-electron chi connectivity index (χ3n) is 3.10. The zero-order valence-corrected chi connectivity index (χ0v) is 12.0. The topological polar surface area (TPSA) is 0 Å². The monoisotopic (exact) mass is 324 g/mol. The van der Waals surface area contributed by atoms with E-state index in [9.17, 15) is 8.78 Å². The molecule has 0 spiro atoms. The van der Waals surface area contributed by atoms with Crippen LogP contribution in [0.15, 0.2) is 48.5 Å². The molecule has 2 aromatic rings. The maximum Gasteiger partial charge on any atom is 0.162 e. The van der Waals surface area contributed by atoms with Gasteiger partial charge in [-0.15, -0.1) is 0 Å². The second kappa shape index (κ2) is 6.80. The van der Waals surface area contributed by atoms with Gasteiger partial charge in [-0.1, -0.05) is 58.4 Å². The van der Waals surface area contributed by atoms with Gasteiger partial charge in [-0.05, 0) is 36.5 Å². The Morgan fingerprint density at radius 2 is 1.68 bits per heavy atom. The maximum atomic E-state index is 13.5. The van der Waals surface area contributed by atoms with E-state index in [-0.39, 0.29) is 4.83 Å². The summed E-state index contributed by atoms with van der Waals surface area (Å²) in [6.07, 6.45) is 2.25. The lowest BCUT2D eigenvalue weighted by molar-refractivity contribution is 0.496. The molecule has 0 nitrogen and oxygen atoms in total. The van der Waals surface area contributed by atoms with Crippen LogP contribution in [0.1, 0.15) is 28.8 Å². The summed E-state index contributed by atoms with van der Waals surface area (Å²) in [6, 6.07) is 14.4. The summed E-state index contributed by atoms with van der Waals surface area (Å²) in [4.78, 5) is 0.255. The summed E-state index contributed by atoms with van der Waals surface area (Å²) in [5.74, 6) is -1.48. The van der Waals surface area contributed by atoms with Crippen molar-refractivity contribution in [3.05, 3.63) is 71.3 Å². The Morgan fingerprint density at radius 1 is 0.947 bits per heavy atom. The molecule has 100 valence electrons. The second-order valence-corrected chi connectivity index (χ2v) is 5.59. The molecule has 0 heterocycles. The zero-order valence-electron chi connectivity index (χ0n) is 10.5. The summed E-state index contributed by atoms with van der Waals surface area (Å²) < 4.78 is 26.5. The number of hydrogen-bond acceptors (Lipinski definition) is 0. The molecule has 0 aliphatic carbocycles. The Hall–Kier alpha value is -1.22. The average Bonchev–Trinajstić information content (AvgIpc) is 2.44. The second-order valence-electron chi connectivity index (χ2n) is 4.48. The summed E-state index contributed by atoms with van der Waals surface area (Å²) in [5.41, 5.74) is 1.66. The first-order valence-corrected chi connectivity index (χ1v) is 7.22. The standard InChI is InChI=1S/C16H15BrF2/c17-14(12-6-2-1-3-7-12)10-4-8-13-9-5-11-15(18)16(13)19/h1-3,5-7,9,11,14H,4,8,10H2. The highest BCUT2D eigenvalue weighted by Gasteiger charge is 2.10. The minimum absolute atomic E-state index is 0.255. The molecule has 2 aromatic carbocycles. The van der Waals surface area contributed by atoms with Crippen LogP contribution in [-0.2, 0) is 6.42 Å². The Morgan fingerprint density at radius 3 is 2.42 bits per heavy atom. The van der Waals surface area contributed by atoms with Crippen LogP contribution in [0.5, 0.6) is 0 Å². The van der Waals surface area contributed by atoms with Crippen molar-refractivity contribution in [1.82, 2.24) is 0 Å². The highest BCUT2D eigenvalue weighted by molar-refractivity contribution is 9.09. The lowest BCUT2D eigenvalue weighted by Crippen LogP contribution is -1.96. The van der Waals surface area contributed by atoms with E-state index in [1.807, 2.05) is 18.2 Å². The highest BCUT2D eigenvalue weighted by atomic mass is 79.9. The first-order chi connectivity index (χ1) is 9.18. The highest BCUT2D eigenvalue weighted by Crippen LogP contribution is 2.28. The molecule has 0 amide bonds. The Labute approximate surface area is 120 Å². The minimum atomic E-state index is -0.768. The Kier molecular flexibility index (Phi) is 5.08. The van der Waals surface area contributed by atoms with Crippen LogP contribution in [0.2, 0.25) is 0 Å². The van der Waals surface area contributed by atoms with Gasteiger partial charge in [0.25, 0.3) is 0 Å². The molecule has 19 heavy (non-hydrogen) atoms. The summed E-state index contributed by atoms with van der Waals surface area (Å²) in [6.45, 7) is 0. The lowest BCUT2D eigenvalue weighted by Gasteiger charge is -2.10. The molecule has 0 saturated carbocycles. The van der Waals surface area contributed by atoms with Crippen molar-refractivity contribution >= 4 is 15.9 Å². The fraction of sp³-hybridized carbons (Fsp3) is 0.250. The SMILES string of the molecule is Fc1cccc(CCCC(Br)c2ccccc2)c1F. The number of aryl methyl sites for hydroxylation is 1. The molecule has 0 aliphatic rings. The smallest absolute Gasteiger partial charge is 0.162 e. The van der Waals surface area contributed by atoms with E-state index in [1.54, 1.807) is 12.1 Å². The van der Waals surface area contributed by atoms with Crippen LogP contribution >= 0.6 is 15.9 Å². The van der Waals surface area contributed by atoms with Gasteiger partial charge in [0.15, 0.2) is 11.6 Å². The molecule has 0 aliphatic heterocycles. The quantitative estimate of drug-likeness (QED) is 0.644. The molecular weight excluding hydrogens is 310 g/mol. The van der Waals surface area contributed by atoms with Crippen LogP contribution in [0.4, 0.5) is 8.78 Å². The largest absolute Gasteiger partial charge is 0.204 e. The molecule has 1 atom stereocenters. The summed E-state index contributed by atoms with van der Waals surface area (Å²) in [7, 11) is 0. The van der Waals surface area contributed by atoms with E-state index in [0.717, 1.165) is 18.9 Å². The van der Waals surface area contributed by atoms with Gasteiger partial charge in [0.2, 0.25) is 0 Å². The number of halogens is 3. The summed E-state index contributed by atoms with van der Waals surface area (Å²) >= 11 is 3.62. The van der Waals surface area contributed by atoms with Gasteiger partial charge in [0.05, 0.1) is 0 Å². The molecule has 0 bridgehead atoms. The van der Waals surface area contributed by atoms with Crippen molar-refractivity contribution in [1.29, 1.82) is 0 Å². The van der Waals surface area contributed by atoms with Gasteiger partial charge in [-0.3, -0.25) is 0 Å². The van der Waals surface area contributed by atoms with Gasteiger partial charge in [0.1, 0.15) is 0 Å². The molecule has 3 heteroatoms. The minimum Gasteiger partial charge on any atom is -0.204 e. The maximum absolute atomic E-state index is 13.5. The van der Waals surface area contributed by atoms with E-state index in [4.69, 9.17) is 0 Å². The van der Waals surface area contributed by atoms with Gasteiger partial charge in [0, 0.05) is 4.83 Å². The molecule has 0 aromatic heterocycles. The van der Waals surface area contributed by atoms with Crippen molar-refractivity contribution < 1.29 is 8.78 Å². The molecular formula is C16H15BrF2. The van der Waals surface area contributed by atoms with E-state index in [2.05, 4.69) is 28.1 Å². The molecule has 0 fully saturated rings. The number of benzene rings is 2. The van der Waals surface area contributed by atoms with Crippen LogP contribution in [0, 0.1) is 11.6 Å². The third-order valence-corrected chi connectivity index (χ3v) is 4.08. The average molecular weight is 325 g/mol. The third kappa shape index (κ3) is 3.87. The fourth-order valence-corrected chi connectivity index (χ4v) is 2.67. The van der Waals surface area contributed by atoms with Crippen molar-refractivity contribution in [2.45, 2.75) is 24.1 Å². The van der Waals surface area contributed by atoms with Gasteiger partial charge >= 0.3 is 0 Å². The number of hydrogen-bond donors (Lipinski definition) is 0. The van der Waals surface area contributed by atoms with Crippen LogP contribution in [0.3, 0.4) is 0 Å². The summed E-state index contributed by atoms with van der Waals surface area (Å²) in [5, 5.41) is 0. The lowest BCUT2D eigenvalue weighted by atomic mass is 10.0. The van der Waals surface area contributed by atoms with Gasteiger partial charge in [-0.2, -0.15) is 0 Å². The first-order valence-electron chi connectivity index (χ1n) is 6.30. The van der Waals surface area contributed by atoms with Gasteiger partial charge < -0.3 is 0 Å². The van der Waals surface area contributed by atoms with Crippen molar-refractivity contribution in [3.63, 3.8) is 0 Å². The predicted molar refractivity (Wildman–Crippen MR) is 77.4 cm³/mol. The van der Waals surface area contributed by atoms with Crippen molar-refractivity contribution in [2.24, 2.45) is 0 Å². The normalized spacial score (nSPS) is 12.4. The van der Waals surface area contributed by atoms with Crippen LogP contribution < -0.4 is 0 Å². The van der Waals surface area contributed by atoms with E-state index in [0.29, 0.717) is 12.0 Å². The molecule has 0 N–H and O–H groups in total. The fourth-order valence-electron chi connectivity index (χ4n) is 2.04. The Balaban J connectivity index is 1.88. The molecule has 2 rings (SSSR count). The predicted octanol–water partition coefficient (Wildman–Crippen LogP) is 5.42. The van der Waals surface area contributed by atoms with E-state index >= 15 is 0 Å². The van der Waals surface area contributed by atoms with E-state index in [1.165, 1.54) is 5.56 Å². The van der Waals surface area contributed by atoms with Crippen LogP contribution in [-0.4, -0.2) is 0 Å². The molecule has 0 radical (unpaired) electrons. The van der Waals surface area contributed by atoms with Crippen molar-refractivity contribution in [2.75, 3.05) is 0 Å². The molecule has 0 saturated heterocycles. The zero-order chi connectivity index (χ0) is 13.7. The van der Waals surface area contributed by atoms with Crippen molar-refractivity contribution in [3.8, 4) is 0 Å². The molecule has 1 unspecified atom stereocenters. The number of rotatable bonds is 5. The van der Waals surface area contributed by atoms with Gasteiger partial charge in [-0.25, -0.2) is 8.78 Å². The Bertz CT molecular complexity index is 526. The van der Waals surface area contributed by atoms with E-state index < -0.39 is 11.6 Å². The van der Waals surface area contributed by atoms with Crippen LogP contribution in [0.25, 0.3) is 0 Å².